The second kappa shape index (κ2) is 13.9. The van der Waals surface area contributed by atoms with E-state index in [0.29, 0.717) is 50.5 Å². The van der Waals surface area contributed by atoms with E-state index in [-0.39, 0.29) is 18.7 Å². The third-order valence-electron chi connectivity index (χ3n) is 4.76. The van der Waals surface area contributed by atoms with Crippen LogP contribution in [0, 0.1) is 0 Å². The molecule has 0 unspecified atom stereocenters. The molecule has 3 rings (SSSR count). The highest BCUT2D eigenvalue weighted by molar-refractivity contribution is 9.10. The Balaban J connectivity index is 1.54. The van der Waals surface area contributed by atoms with E-state index in [1.807, 2.05) is 19.1 Å². The molecule has 0 aromatic heterocycles. The van der Waals surface area contributed by atoms with E-state index in [0.717, 1.165) is 5.56 Å². The van der Waals surface area contributed by atoms with Gasteiger partial charge in [0, 0.05) is 17.9 Å². The lowest BCUT2D eigenvalue weighted by Gasteiger charge is -2.14. The van der Waals surface area contributed by atoms with Gasteiger partial charge in [-0.25, -0.2) is 5.43 Å². The summed E-state index contributed by atoms with van der Waals surface area (Å²) in [4.78, 5) is 24.2. The molecule has 188 valence electrons. The summed E-state index contributed by atoms with van der Waals surface area (Å²) in [7, 11) is 0. The minimum Gasteiger partial charge on any atom is -0.490 e. The van der Waals surface area contributed by atoms with E-state index in [4.69, 9.17) is 32.7 Å². The topological polar surface area (TPSA) is 89.0 Å². The first-order valence-electron chi connectivity index (χ1n) is 11.1. The number of nitrogens with zero attached hydrogens (tertiary/aromatic N) is 1. The lowest BCUT2D eigenvalue weighted by molar-refractivity contribution is -0.124. The third kappa shape index (κ3) is 8.55. The number of benzene rings is 3. The number of carbonyl (C=O) groups is 2. The fraction of sp³-hybridized carbons (Fsp3) is 0.192. The molecule has 0 fully saturated rings. The Morgan fingerprint density at radius 1 is 1.00 bits per heavy atom. The van der Waals surface area contributed by atoms with E-state index in [9.17, 15) is 9.59 Å². The molecule has 2 amide bonds. The van der Waals surface area contributed by atoms with Gasteiger partial charge in [-0.05, 0) is 70.4 Å². The average Bonchev–Trinajstić information content (AvgIpc) is 2.85. The van der Waals surface area contributed by atoms with E-state index in [2.05, 4.69) is 31.8 Å². The molecule has 0 aliphatic rings. The Hall–Kier alpha value is -3.07. The third-order valence-corrected chi connectivity index (χ3v) is 5.93. The number of halogens is 3. The number of hydrogen-bond donors (Lipinski definition) is 2. The fourth-order valence-electron chi connectivity index (χ4n) is 3.04. The SMILES string of the molecule is CCOc1cc(C=NNC(=O)CCC(=O)Nc2ccccc2Cl)cc(Br)c1OCc1ccc(Cl)cc1. The highest BCUT2D eigenvalue weighted by atomic mass is 79.9. The van der Waals surface area contributed by atoms with Crippen molar-refractivity contribution in [1.82, 2.24) is 5.43 Å². The highest BCUT2D eigenvalue weighted by Crippen LogP contribution is 2.37. The lowest BCUT2D eigenvalue weighted by Crippen LogP contribution is -2.20. The lowest BCUT2D eigenvalue weighted by atomic mass is 10.2. The van der Waals surface area contributed by atoms with Crippen LogP contribution in [0.25, 0.3) is 0 Å². The molecule has 3 aromatic carbocycles. The van der Waals surface area contributed by atoms with Crippen molar-refractivity contribution in [2.24, 2.45) is 5.10 Å². The van der Waals surface area contributed by atoms with E-state index < -0.39 is 5.91 Å². The zero-order valence-electron chi connectivity index (χ0n) is 19.4. The molecular weight excluding hydrogens is 569 g/mol. The van der Waals surface area contributed by atoms with Crippen LogP contribution in [-0.4, -0.2) is 24.6 Å². The standard InChI is InChI=1S/C26H24BrCl2N3O4/c1-2-35-23-14-18(13-20(27)26(23)36-16-17-7-9-19(28)10-8-17)15-30-32-25(34)12-11-24(33)31-22-6-4-3-5-21(22)29/h3-10,13-15H,2,11-12,16H2,1H3,(H,31,33)(H,32,34). The maximum Gasteiger partial charge on any atom is 0.240 e. The van der Waals surface area contributed by atoms with E-state index in [1.165, 1.54) is 6.21 Å². The summed E-state index contributed by atoms with van der Waals surface area (Å²) < 4.78 is 12.4. The molecule has 0 atom stereocenters. The number of rotatable bonds is 11. The van der Waals surface area contributed by atoms with Crippen molar-refractivity contribution in [2.45, 2.75) is 26.4 Å². The van der Waals surface area contributed by atoms with Crippen molar-refractivity contribution >= 4 is 62.8 Å². The first-order valence-corrected chi connectivity index (χ1v) is 12.6. The minimum absolute atomic E-state index is 0.00767. The number of hydrogen-bond acceptors (Lipinski definition) is 5. The Labute approximate surface area is 227 Å². The largest absolute Gasteiger partial charge is 0.490 e. The second-order valence-electron chi connectivity index (χ2n) is 7.50. The van der Waals surface area contributed by atoms with Gasteiger partial charge in [0.1, 0.15) is 6.61 Å². The summed E-state index contributed by atoms with van der Waals surface area (Å²) >= 11 is 15.5. The Morgan fingerprint density at radius 2 is 1.72 bits per heavy atom. The quantitative estimate of drug-likeness (QED) is 0.194. The molecule has 0 bridgehead atoms. The molecule has 2 N–H and O–H groups in total. The summed E-state index contributed by atoms with van der Waals surface area (Å²) in [5.41, 5.74) is 4.57. The van der Waals surface area contributed by atoms with Gasteiger partial charge in [0.05, 0.1) is 28.0 Å². The van der Waals surface area contributed by atoms with Crippen LogP contribution in [0.5, 0.6) is 11.5 Å². The number of anilines is 1. The van der Waals surface area contributed by atoms with Crippen molar-refractivity contribution in [3.8, 4) is 11.5 Å². The Bertz CT molecular complexity index is 1240. The van der Waals surface area contributed by atoms with Gasteiger partial charge in [-0.2, -0.15) is 5.10 Å². The number of amides is 2. The van der Waals surface area contributed by atoms with Crippen molar-refractivity contribution in [1.29, 1.82) is 0 Å². The van der Waals surface area contributed by atoms with Crippen molar-refractivity contribution in [3.63, 3.8) is 0 Å². The van der Waals surface area contributed by atoms with Gasteiger partial charge >= 0.3 is 0 Å². The predicted octanol–water partition coefficient (Wildman–Crippen LogP) is 6.60. The minimum atomic E-state index is -0.396. The molecule has 0 saturated carbocycles. The first kappa shape index (κ1) is 27.5. The molecule has 0 heterocycles. The molecule has 7 nitrogen and oxygen atoms in total. The van der Waals surface area contributed by atoms with Gasteiger partial charge in [-0.15, -0.1) is 0 Å². The number of carbonyl (C=O) groups excluding carboxylic acids is 2. The molecule has 0 radical (unpaired) electrons. The zero-order valence-corrected chi connectivity index (χ0v) is 22.5. The second-order valence-corrected chi connectivity index (χ2v) is 9.20. The normalized spacial score (nSPS) is 10.8. The number of para-hydroxylation sites is 1. The van der Waals surface area contributed by atoms with Crippen LogP contribution in [0.2, 0.25) is 10.0 Å². The average molecular weight is 593 g/mol. The zero-order chi connectivity index (χ0) is 25.9. The number of nitrogens with one attached hydrogen (secondary N) is 2. The van der Waals surface area contributed by atoms with Crippen LogP contribution in [0.4, 0.5) is 5.69 Å². The van der Waals surface area contributed by atoms with Crippen LogP contribution >= 0.6 is 39.1 Å². The molecule has 0 aliphatic heterocycles. The van der Waals surface area contributed by atoms with Gasteiger partial charge in [0.2, 0.25) is 11.8 Å². The summed E-state index contributed by atoms with van der Waals surface area (Å²) in [5, 5.41) is 7.75. The Kier molecular flexibility index (Phi) is 10.6. The molecule has 10 heteroatoms. The molecule has 0 saturated heterocycles. The van der Waals surface area contributed by atoms with E-state index >= 15 is 0 Å². The van der Waals surface area contributed by atoms with Gasteiger partial charge in [0.25, 0.3) is 0 Å². The molecule has 3 aromatic rings. The monoisotopic (exact) mass is 591 g/mol. The summed E-state index contributed by atoms with van der Waals surface area (Å²) in [6.07, 6.45) is 1.45. The number of ether oxygens (including phenoxy) is 2. The van der Waals surface area contributed by atoms with Crippen LogP contribution in [0.3, 0.4) is 0 Å². The number of hydrazone groups is 1. The van der Waals surface area contributed by atoms with Crippen molar-refractivity contribution in [3.05, 3.63) is 86.3 Å². The maximum absolute atomic E-state index is 12.1. The van der Waals surface area contributed by atoms with Crippen LogP contribution < -0.4 is 20.2 Å². The molecule has 36 heavy (non-hydrogen) atoms. The molecular formula is C26H24BrCl2N3O4. The summed E-state index contributed by atoms with van der Waals surface area (Å²) in [5.74, 6) is 0.372. The van der Waals surface area contributed by atoms with Gasteiger partial charge in [0.15, 0.2) is 11.5 Å². The van der Waals surface area contributed by atoms with E-state index in [1.54, 1.807) is 48.5 Å². The van der Waals surface area contributed by atoms with Gasteiger partial charge in [-0.1, -0.05) is 47.5 Å². The fourth-order valence-corrected chi connectivity index (χ4v) is 3.92. The maximum atomic E-state index is 12.1. The van der Waals surface area contributed by atoms with Crippen LogP contribution in [0.1, 0.15) is 30.9 Å². The van der Waals surface area contributed by atoms with Crippen molar-refractivity contribution in [2.75, 3.05) is 11.9 Å². The van der Waals surface area contributed by atoms with Crippen LogP contribution in [0.15, 0.2) is 70.2 Å². The molecule has 0 spiro atoms. The predicted molar refractivity (Wildman–Crippen MR) is 146 cm³/mol. The first-order chi connectivity index (χ1) is 17.4. The van der Waals surface area contributed by atoms with Crippen LogP contribution in [-0.2, 0) is 16.2 Å². The van der Waals surface area contributed by atoms with Gasteiger partial charge < -0.3 is 14.8 Å². The molecule has 0 aliphatic carbocycles. The van der Waals surface area contributed by atoms with Gasteiger partial charge in [-0.3, -0.25) is 9.59 Å². The summed E-state index contributed by atoms with van der Waals surface area (Å²) in [6, 6.07) is 17.8. The Morgan fingerprint density at radius 3 is 2.44 bits per heavy atom. The highest BCUT2D eigenvalue weighted by Gasteiger charge is 2.13. The summed E-state index contributed by atoms with van der Waals surface area (Å²) in [6.45, 7) is 2.65. The van der Waals surface area contributed by atoms with Crippen molar-refractivity contribution < 1.29 is 19.1 Å². The smallest absolute Gasteiger partial charge is 0.240 e.